The standard InChI is InChI=1S/C22H22N4O/c1-16-7-9-19(12-18(16)10-8-17-6-5-11-23-13-17)21(27)25-20-14-26(15-24-20)22(2,3)4/h5-7,9,11-15H,1-4H3,(H,25,27). The highest BCUT2D eigenvalue weighted by atomic mass is 16.1. The molecular weight excluding hydrogens is 336 g/mol. The van der Waals surface area contributed by atoms with E-state index in [4.69, 9.17) is 0 Å². The van der Waals surface area contributed by atoms with E-state index in [0.29, 0.717) is 11.4 Å². The normalized spacial score (nSPS) is 10.8. The van der Waals surface area contributed by atoms with Crippen molar-refractivity contribution < 1.29 is 4.79 Å². The van der Waals surface area contributed by atoms with Gasteiger partial charge in [0.15, 0.2) is 5.82 Å². The van der Waals surface area contributed by atoms with Crippen molar-refractivity contribution in [2.45, 2.75) is 33.2 Å². The summed E-state index contributed by atoms with van der Waals surface area (Å²) in [6, 6.07) is 9.24. The number of carbonyl (C=O) groups is 1. The van der Waals surface area contributed by atoms with Crippen molar-refractivity contribution in [3.05, 3.63) is 77.5 Å². The number of anilines is 1. The Balaban J connectivity index is 1.80. The van der Waals surface area contributed by atoms with Crippen molar-refractivity contribution in [3.8, 4) is 11.8 Å². The molecule has 1 N–H and O–H groups in total. The maximum absolute atomic E-state index is 12.6. The van der Waals surface area contributed by atoms with E-state index in [0.717, 1.165) is 16.7 Å². The number of nitrogens with zero attached hydrogens (tertiary/aromatic N) is 3. The first-order valence-corrected chi connectivity index (χ1v) is 8.71. The van der Waals surface area contributed by atoms with Crippen LogP contribution in [0.2, 0.25) is 0 Å². The second-order valence-corrected chi connectivity index (χ2v) is 7.31. The fraction of sp³-hybridized carbons (Fsp3) is 0.227. The third kappa shape index (κ3) is 4.62. The predicted molar refractivity (Wildman–Crippen MR) is 107 cm³/mol. The zero-order chi connectivity index (χ0) is 19.4. The van der Waals surface area contributed by atoms with Gasteiger partial charge < -0.3 is 9.88 Å². The lowest BCUT2D eigenvalue weighted by Crippen LogP contribution is -2.19. The number of hydrogen-bond acceptors (Lipinski definition) is 3. The van der Waals surface area contributed by atoms with E-state index in [1.165, 1.54) is 0 Å². The number of amides is 1. The van der Waals surface area contributed by atoms with E-state index in [-0.39, 0.29) is 11.4 Å². The molecule has 5 nitrogen and oxygen atoms in total. The van der Waals surface area contributed by atoms with E-state index in [1.807, 2.05) is 35.9 Å². The summed E-state index contributed by atoms with van der Waals surface area (Å²) < 4.78 is 1.96. The molecule has 0 aliphatic carbocycles. The number of pyridine rings is 1. The average Bonchev–Trinajstić information content (AvgIpc) is 3.11. The van der Waals surface area contributed by atoms with Gasteiger partial charge in [0.05, 0.1) is 6.33 Å². The Hall–Kier alpha value is -3.39. The van der Waals surface area contributed by atoms with E-state index in [1.54, 1.807) is 30.9 Å². The molecular formula is C22H22N4O. The summed E-state index contributed by atoms with van der Waals surface area (Å²) in [5.74, 6) is 6.52. The first-order chi connectivity index (χ1) is 12.8. The van der Waals surface area contributed by atoms with Gasteiger partial charge in [-0.25, -0.2) is 4.98 Å². The van der Waals surface area contributed by atoms with Gasteiger partial charge in [-0.05, 0) is 57.5 Å². The van der Waals surface area contributed by atoms with Crippen LogP contribution in [-0.2, 0) is 5.54 Å². The molecule has 0 spiro atoms. The molecule has 0 fully saturated rings. The van der Waals surface area contributed by atoms with Gasteiger partial charge in [0, 0.05) is 40.8 Å². The SMILES string of the molecule is Cc1ccc(C(=O)Nc2cn(C(C)(C)C)cn2)cc1C#Cc1cccnc1. The predicted octanol–water partition coefficient (Wildman–Crippen LogP) is 3.99. The molecule has 3 aromatic rings. The van der Waals surface area contributed by atoms with Gasteiger partial charge in [0.25, 0.3) is 5.91 Å². The fourth-order valence-electron chi connectivity index (χ4n) is 2.42. The molecule has 0 aliphatic rings. The first-order valence-electron chi connectivity index (χ1n) is 8.71. The summed E-state index contributed by atoms with van der Waals surface area (Å²) in [6.07, 6.45) is 6.97. The third-order valence-electron chi connectivity index (χ3n) is 4.10. The molecule has 1 amide bonds. The van der Waals surface area contributed by atoms with Gasteiger partial charge in [-0.3, -0.25) is 9.78 Å². The van der Waals surface area contributed by atoms with E-state index >= 15 is 0 Å². The number of hydrogen-bond donors (Lipinski definition) is 1. The van der Waals surface area contributed by atoms with E-state index < -0.39 is 0 Å². The molecule has 136 valence electrons. The highest BCUT2D eigenvalue weighted by molar-refractivity contribution is 6.04. The third-order valence-corrected chi connectivity index (χ3v) is 4.10. The number of carbonyl (C=O) groups excluding carboxylic acids is 1. The second-order valence-electron chi connectivity index (χ2n) is 7.31. The Labute approximate surface area is 159 Å². The second kappa shape index (κ2) is 7.46. The van der Waals surface area contributed by atoms with Gasteiger partial charge >= 0.3 is 0 Å². The summed E-state index contributed by atoms with van der Waals surface area (Å²) in [7, 11) is 0. The van der Waals surface area contributed by atoms with Crippen LogP contribution in [-0.4, -0.2) is 20.4 Å². The first kappa shape index (κ1) is 18.4. The van der Waals surface area contributed by atoms with Crippen LogP contribution in [0.4, 0.5) is 5.82 Å². The smallest absolute Gasteiger partial charge is 0.256 e. The summed E-state index contributed by atoms with van der Waals surface area (Å²) in [5, 5.41) is 2.84. The van der Waals surface area contributed by atoms with Crippen LogP contribution in [0.3, 0.4) is 0 Å². The number of nitrogens with one attached hydrogen (secondary N) is 1. The van der Waals surface area contributed by atoms with Crippen LogP contribution in [0.5, 0.6) is 0 Å². The van der Waals surface area contributed by atoms with Crippen LogP contribution in [0.15, 0.2) is 55.2 Å². The Kier molecular flexibility index (Phi) is 5.09. The van der Waals surface area contributed by atoms with Crippen LogP contribution in [0.25, 0.3) is 0 Å². The maximum Gasteiger partial charge on any atom is 0.256 e. The van der Waals surface area contributed by atoms with E-state index in [2.05, 4.69) is 47.9 Å². The Morgan fingerprint density at radius 1 is 1.19 bits per heavy atom. The van der Waals surface area contributed by atoms with Gasteiger partial charge in [-0.2, -0.15) is 0 Å². The fourth-order valence-corrected chi connectivity index (χ4v) is 2.42. The highest BCUT2D eigenvalue weighted by Gasteiger charge is 2.15. The minimum atomic E-state index is -0.210. The molecule has 3 rings (SSSR count). The molecule has 0 unspecified atom stereocenters. The molecule has 1 aromatic carbocycles. The Morgan fingerprint density at radius 3 is 2.67 bits per heavy atom. The molecule has 0 atom stereocenters. The van der Waals surface area contributed by atoms with Gasteiger partial charge in [-0.15, -0.1) is 0 Å². The van der Waals surface area contributed by atoms with Gasteiger partial charge in [-0.1, -0.05) is 17.9 Å². The zero-order valence-corrected chi connectivity index (χ0v) is 15.9. The average molecular weight is 358 g/mol. The quantitative estimate of drug-likeness (QED) is 0.705. The topological polar surface area (TPSA) is 59.8 Å². The maximum atomic E-state index is 12.6. The van der Waals surface area contributed by atoms with Crippen molar-refractivity contribution in [2.75, 3.05) is 5.32 Å². The van der Waals surface area contributed by atoms with Crippen molar-refractivity contribution in [3.63, 3.8) is 0 Å². The number of rotatable bonds is 2. The monoisotopic (exact) mass is 358 g/mol. The number of aryl methyl sites for hydroxylation is 1. The minimum Gasteiger partial charge on any atom is -0.330 e. The number of aromatic nitrogens is 3. The van der Waals surface area contributed by atoms with Gasteiger partial charge in [0.2, 0.25) is 0 Å². The Bertz CT molecular complexity index is 1020. The minimum absolute atomic E-state index is 0.0884. The summed E-state index contributed by atoms with van der Waals surface area (Å²) in [6.45, 7) is 8.20. The van der Waals surface area contributed by atoms with Crippen LogP contribution < -0.4 is 5.32 Å². The Morgan fingerprint density at radius 2 is 2.00 bits per heavy atom. The van der Waals surface area contributed by atoms with Crippen molar-refractivity contribution in [1.82, 2.24) is 14.5 Å². The molecule has 27 heavy (non-hydrogen) atoms. The molecule has 0 saturated heterocycles. The zero-order valence-electron chi connectivity index (χ0n) is 15.9. The molecule has 0 radical (unpaired) electrons. The lowest BCUT2D eigenvalue weighted by Gasteiger charge is -2.19. The molecule has 2 aromatic heterocycles. The lowest BCUT2D eigenvalue weighted by molar-refractivity contribution is 0.102. The molecule has 0 aliphatic heterocycles. The summed E-state index contributed by atoms with van der Waals surface area (Å²) in [4.78, 5) is 20.9. The van der Waals surface area contributed by atoms with Crippen molar-refractivity contribution >= 4 is 11.7 Å². The largest absolute Gasteiger partial charge is 0.330 e. The van der Waals surface area contributed by atoms with Crippen LogP contribution in [0.1, 0.15) is 47.8 Å². The molecule has 0 saturated carbocycles. The highest BCUT2D eigenvalue weighted by Crippen LogP contribution is 2.17. The van der Waals surface area contributed by atoms with E-state index in [9.17, 15) is 4.79 Å². The molecule has 5 heteroatoms. The summed E-state index contributed by atoms with van der Waals surface area (Å²) >= 11 is 0. The molecule has 0 bridgehead atoms. The van der Waals surface area contributed by atoms with Crippen LogP contribution >= 0.6 is 0 Å². The van der Waals surface area contributed by atoms with Crippen molar-refractivity contribution in [1.29, 1.82) is 0 Å². The summed E-state index contributed by atoms with van der Waals surface area (Å²) in [5.41, 5.74) is 3.11. The lowest BCUT2D eigenvalue weighted by atomic mass is 10.0. The molecule has 2 heterocycles. The van der Waals surface area contributed by atoms with Crippen LogP contribution in [0, 0.1) is 18.8 Å². The number of benzene rings is 1. The van der Waals surface area contributed by atoms with Gasteiger partial charge in [0.1, 0.15) is 0 Å². The number of imidazole rings is 1. The van der Waals surface area contributed by atoms with Crippen molar-refractivity contribution in [2.24, 2.45) is 0 Å².